The van der Waals surface area contributed by atoms with Gasteiger partial charge in [0, 0.05) is 24.2 Å². The normalized spacial score (nSPS) is 11.9. The van der Waals surface area contributed by atoms with Crippen molar-refractivity contribution >= 4 is 28.8 Å². The molecule has 0 radical (unpaired) electrons. The predicted molar refractivity (Wildman–Crippen MR) is 122 cm³/mol. The van der Waals surface area contributed by atoms with Crippen molar-refractivity contribution in [1.82, 2.24) is 9.88 Å². The number of carbonyl (C=O) groups excluding carboxylic acids is 2. The van der Waals surface area contributed by atoms with Crippen LogP contribution in [0.4, 0.5) is 5.69 Å². The zero-order valence-electron chi connectivity index (χ0n) is 18.0. The number of thiazole rings is 1. The summed E-state index contributed by atoms with van der Waals surface area (Å²) in [6, 6.07) is 16.5. The van der Waals surface area contributed by atoms with Gasteiger partial charge in [0.05, 0.1) is 16.7 Å². The van der Waals surface area contributed by atoms with E-state index in [2.05, 4.69) is 24.1 Å². The summed E-state index contributed by atoms with van der Waals surface area (Å²) in [5, 5.41) is 3.90. The Hall–Kier alpha value is -2.99. The number of benzene rings is 2. The second-order valence-electron chi connectivity index (χ2n) is 7.66. The molecule has 2 aromatic carbocycles. The highest BCUT2D eigenvalue weighted by Crippen LogP contribution is 2.29. The Kier molecular flexibility index (Phi) is 6.67. The largest absolute Gasteiger partial charge is 0.334 e. The van der Waals surface area contributed by atoms with Gasteiger partial charge >= 0.3 is 0 Å². The summed E-state index contributed by atoms with van der Waals surface area (Å²) in [4.78, 5) is 32.5. The highest BCUT2D eigenvalue weighted by molar-refractivity contribution is 7.13. The third-order valence-electron chi connectivity index (χ3n) is 5.07. The second kappa shape index (κ2) is 9.22. The van der Waals surface area contributed by atoms with E-state index < -0.39 is 0 Å². The Bertz CT molecular complexity index is 1040. The van der Waals surface area contributed by atoms with Gasteiger partial charge in [-0.2, -0.15) is 0 Å². The van der Waals surface area contributed by atoms with Crippen LogP contribution in [0.2, 0.25) is 0 Å². The van der Waals surface area contributed by atoms with E-state index in [4.69, 9.17) is 0 Å². The van der Waals surface area contributed by atoms with Crippen molar-refractivity contribution in [2.75, 3.05) is 12.4 Å². The third kappa shape index (κ3) is 4.76. The Labute approximate surface area is 181 Å². The molecule has 2 amide bonds. The van der Waals surface area contributed by atoms with Crippen LogP contribution in [0.1, 0.15) is 69.0 Å². The first-order chi connectivity index (χ1) is 14.3. The van der Waals surface area contributed by atoms with Crippen LogP contribution in [-0.4, -0.2) is 28.7 Å². The molecular formula is C24H27N3O2S. The molecule has 0 aliphatic carbocycles. The van der Waals surface area contributed by atoms with E-state index in [1.165, 1.54) is 11.3 Å². The molecule has 156 valence electrons. The van der Waals surface area contributed by atoms with Crippen molar-refractivity contribution < 1.29 is 9.59 Å². The van der Waals surface area contributed by atoms with Crippen LogP contribution in [-0.2, 0) is 0 Å². The van der Waals surface area contributed by atoms with Gasteiger partial charge in [0.25, 0.3) is 11.8 Å². The van der Waals surface area contributed by atoms with Crippen molar-refractivity contribution in [2.45, 2.75) is 39.7 Å². The Morgan fingerprint density at radius 1 is 1.03 bits per heavy atom. The molecule has 0 aliphatic heterocycles. The third-order valence-corrected chi connectivity index (χ3v) is 6.51. The van der Waals surface area contributed by atoms with Crippen LogP contribution in [0.5, 0.6) is 0 Å². The maximum Gasteiger partial charge on any atom is 0.266 e. The number of hydrogen-bond acceptors (Lipinski definition) is 4. The first-order valence-corrected chi connectivity index (χ1v) is 10.8. The van der Waals surface area contributed by atoms with Gasteiger partial charge in [0.2, 0.25) is 0 Å². The summed E-state index contributed by atoms with van der Waals surface area (Å²) in [7, 11) is 1.80. The standard InChI is InChI=1S/C24H27N3O2S/c1-15(2)23-25-16(3)21(30-23)24(29)27(5)17(4)19-12-9-13-20(14-19)26-22(28)18-10-7-6-8-11-18/h6-15,17H,1-5H3,(H,26,28). The van der Waals surface area contributed by atoms with E-state index in [-0.39, 0.29) is 17.9 Å². The highest BCUT2D eigenvalue weighted by Gasteiger charge is 2.24. The van der Waals surface area contributed by atoms with E-state index in [1.807, 2.05) is 56.3 Å². The summed E-state index contributed by atoms with van der Waals surface area (Å²) in [6.45, 7) is 8.02. The van der Waals surface area contributed by atoms with Crippen LogP contribution >= 0.6 is 11.3 Å². The van der Waals surface area contributed by atoms with Crippen LogP contribution in [0.3, 0.4) is 0 Å². The van der Waals surface area contributed by atoms with Gasteiger partial charge in [-0.15, -0.1) is 11.3 Å². The lowest BCUT2D eigenvalue weighted by atomic mass is 10.1. The summed E-state index contributed by atoms with van der Waals surface area (Å²) in [5.74, 6) is 0.0948. The number of carbonyl (C=O) groups is 2. The number of nitrogens with zero attached hydrogens (tertiary/aromatic N) is 2. The van der Waals surface area contributed by atoms with Gasteiger partial charge in [-0.25, -0.2) is 4.98 Å². The zero-order valence-corrected chi connectivity index (χ0v) is 18.8. The topological polar surface area (TPSA) is 62.3 Å². The molecule has 1 heterocycles. The molecule has 1 atom stereocenters. The molecule has 0 bridgehead atoms. The summed E-state index contributed by atoms with van der Waals surface area (Å²) < 4.78 is 0. The number of nitrogens with one attached hydrogen (secondary N) is 1. The number of amides is 2. The van der Waals surface area contributed by atoms with Gasteiger partial charge in [0.1, 0.15) is 4.88 Å². The lowest BCUT2D eigenvalue weighted by Crippen LogP contribution is -2.29. The molecule has 1 N–H and O–H groups in total. The van der Waals surface area contributed by atoms with Gasteiger partial charge in [-0.05, 0) is 43.7 Å². The fourth-order valence-electron chi connectivity index (χ4n) is 3.09. The van der Waals surface area contributed by atoms with Crippen LogP contribution in [0.15, 0.2) is 54.6 Å². The lowest BCUT2D eigenvalue weighted by Gasteiger charge is -2.25. The van der Waals surface area contributed by atoms with Gasteiger partial charge < -0.3 is 10.2 Å². The van der Waals surface area contributed by atoms with Crippen LogP contribution in [0.25, 0.3) is 0 Å². The van der Waals surface area contributed by atoms with E-state index >= 15 is 0 Å². The molecule has 5 nitrogen and oxygen atoms in total. The van der Waals surface area contributed by atoms with E-state index in [0.717, 1.165) is 16.3 Å². The minimum absolute atomic E-state index is 0.0388. The summed E-state index contributed by atoms with van der Waals surface area (Å²) >= 11 is 1.47. The van der Waals surface area contributed by atoms with E-state index in [9.17, 15) is 9.59 Å². The monoisotopic (exact) mass is 421 g/mol. The van der Waals surface area contributed by atoms with E-state index in [0.29, 0.717) is 22.0 Å². The number of anilines is 1. The average molecular weight is 422 g/mol. The second-order valence-corrected chi connectivity index (χ2v) is 8.69. The molecule has 0 saturated carbocycles. The minimum atomic E-state index is -0.161. The van der Waals surface area contributed by atoms with Crippen LogP contribution in [0, 0.1) is 6.92 Å². The highest BCUT2D eigenvalue weighted by atomic mass is 32.1. The molecule has 0 aliphatic rings. The molecule has 0 spiro atoms. The molecule has 0 fully saturated rings. The molecule has 6 heteroatoms. The van der Waals surface area contributed by atoms with Gasteiger partial charge in [0.15, 0.2) is 0 Å². The molecule has 0 saturated heterocycles. The predicted octanol–water partition coefficient (Wildman–Crippen LogP) is 5.66. The molecular weight excluding hydrogens is 394 g/mol. The maximum absolute atomic E-state index is 13.1. The fraction of sp³-hybridized carbons (Fsp3) is 0.292. The van der Waals surface area contributed by atoms with Gasteiger partial charge in [-0.3, -0.25) is 9.59 Å². The van der Waals surface area contributed by atoms with E-state index in [1.54, 1.807) is 24.1 Å². The van der Waals surface area contributed by atoms with Crippen molar-refractivity contribution in [3.8, 4) is 0 Å². The Morgan fingerprint density at radius 3 is 2.37 bits per heavy atom. The van der Waals surface area contributed by atoms with Gasteiger partial charge in [-0.1, -0.05) is 44.2 Å². The quantitative estimate of drug-likeness (QED) is 0.558. The fourth-order valence-corrected chi connectivity index (χ4v) is 4.14. The lowest BCUT2D eigenvalue weighted by molar-refractivity contribution is 0.0746. The molecule has 3 rings (SSSR count). The SMILES string of the molecule is Cc1nc(C(C)C)sc1C(=O)N(C)C(C)c1cccc(NC(=O)c2ccccc2)c1. The zero-order chi connectivity index (χ0) is 21.8. The average Bonchev–Trinajstić information content (AvgIpc) is 3.15. The smallest absolute Gasteiger partial charge is 0.266 e. The maximum atomic E-state index is 13.1. The first-order valence-electron chi connectivity index (χ1n) is 9.98. The summed E-state index contributed by atoms with van der Waals surface area (Å²) in [5.41, 5.74) is 3.02. The first kappa shape index (κ1) is 21.7. The molecule has 1 unspecified atom stereocenters. The number of rotatable bonds is 6. The van der Waals surface area contributed by atoms with Crippen molar-refractivity contribution in [3.63, 3.8) is 0 Å². The van der Waals surface area contributed by atoms with Crippen molar-refractivity contribution in [3.05, 3.63) is 81.3 Å². The number of hydrogen-bond donors (Lipinski definition) is 1. The van der Waals surface area contributed by atoms with Crippen LogP contribution < -0.4 is 5.32 Å². The number of aryl methyl sites for hydroxylation is 1. The summed E-state index contributed by atoms with van der Waals surface area (Å²) in [6.07, 6.45) is 0. The minimum Gasteiger partial charge on any atom is -0.334 e. The Morgan fingerprint density at radius 2 is 1.73 bits per heavy atom. The molecule has 30 heavy (non-hydrogen) atoms. The number of aromatic nitrogens is 1. The van der Waals surface area contributed by atoms with Crippen molar-refractivity contribution in [1.29, 1.82) is 0 Å². The Balaban J connectivity index is 1.76. The molecule has 1 aromatic heterocycles. The molecule has 3 aromatic rings. The van der Waals surface area contributed by atoms with Crippen molar-refractivity contribution in [2.24, 2.45) is 0 Å².